The van der Waals surface area contributed by atoms with Crippen molar-refractivity contribution in [2.24, 2.45) is 5.92 Å². The van der Waals surface area contributed by atoms with E-state index in [2.05, 4.69) is 0 Å². The van der Waals surface area contributed by atoms with E-state index in [0.29, 0.717) is 49.0 Å². The van der Waals surface area contributed by atoms with Crippen LogP contribution in [-0.4, -0.2) is 46.0 Å². The number of esters is 1. The second-order valence-electron chi connectivity index (χ2n) is 7.92. The fourth-order valence-electron chi connectivity index (χ4n) is 4.13. The van der Waals surface area contributed by atoms with Gasteiger partial charge in [-0.2, -0.15) is 0 Å². The van der Waals surface area contributed by atoms with Crippen molar-refractivity contribution in [3.8, 4) is 0 Å². The summed E-state index contributed by atoms with van der Waals surface area (Å²) in [6.45, 7) is 3.47. The summed E-state index contributed by atoms with van der Waals surface area (Å²) in [4.78, 5) is 31.7. The molecule has 1 aromatic heterocycles. The van der Waals surface area contributed by atoms with Gasteiger partial charge in [0.2, 0.25) is 5.91 Å². The molecule has 0 atom stereocenters. The molecule has 168 valence electrons. The number of para-hydroxylation sites is 2. The summed E-state index contributed by atoms with van der Waals surface area (Å²) in [5, 5.41) is 1.15. The van der Waals surface area contributed by atoms with Crippen molar-refractivity contribution in [3.63, 3.8) is 0 Å². The van der Waals surface area contributed by atoms with Gasteiger partial charge in [0.25, 0.3) is 0 Å². The van der Waals surface area contributed by atoms with Crippen LogP contribution in [-0.2, 0) is 27.3 Å². The Balaban J connectivity index is 1.53. The second kappa shape index (κ2) is 9.92. The monoisotopic (exact) mass is 473 g/mol. The molecule has 0 radical (unpaired) electrons. The number of fused-ring (bicyclic) bond motifs is 1. The highest BCUT2D eigenvalue weighted by Crippen LogP contribution is 2.26. The summed E-state index contributed by atoms with van der Waals surface area (Å²) in [6.07, 6.45) is 1.74. The van der Waals surface area contributed by atoms with E-state index < -0.39 is 0 Å². The zero-order valence-electron chi connectivity index (χ0n) is 17.9. The summed E-state index contributed by atoms with van der Waals surface area (Å²) >= 11 is 12.4. The van der Waals surface area contributed by atoms with Crippen LogP contribution in [0.15, 0.2) is 42.5 Å². The number of amides is 1. The van der Waals surface area contributed by atoms with Crippen molar-refractivity contribution in [1.82, 2.24) is 14.5 Å². The van der Waals surface area contributed by atoms with E-state index in [1.807, 2.05) is 39.8 Å². The number of ether oxygens (including phenoxy) is 1. The van der Waals surface area contributed by atoms with Crippen LogP contribution in [0.3, 0.4) is 0 Å². The highest BCUT2D eigenvalue weighted by atomic mass is 35.5. The van der Waals surface area contributed by atoms with Crippen LogP contribution in [0, 0.1) is 5.92 Å². The topological polar surface area (TPSA) is 64.4 Å². The molecular weight excluding hydrogens is 449 g/mol. The molecule has 2 aromatic carbocycles. The Morgan fingerprint density at radius 2 is 1.88 bits per heavy atom. The molecular formula is C24H25Cl2N3O3. The lowest BCUT2D eigenvalue weighted by atomic mass is 9.97. The number of carbonyl (C=O) groups is 2. The standard InChI is InChI=1S/C24H25Cl2N3O3/c1-2-32-24(31)16-9-11-28(12-10-16)23(30)15-29-21-6-4-3-5-20(21)27-22(29)13-17-7-8-18(25)14-19(17)26/h3-8,14,16H,2,9-13,15H2,1H3. The molecule has 2 heterocycles. The van der Waals surface area contributed by atoms with E-state index in [4.69, 9.17) is 32.9 Å². The Bertz CT molecular complexity index is 1140. The average Bonchev–Trinajstić information content (AvgIpc) is 3.13. The molecule has 1 saturated heterocycles. The Morgan fingerprint density at radius 3 is 2.59 bits per heavy atom. The lowest BCUT2D eigenvalue weighted by molar-refractivity contribution is -0.151. The minimum Gasteiger partial charge on any atom is -0.466 e. The van der Waals surface area contributed by atoms with Crippen molar-refractivity contribution in [2.45, 2.75) is 32.7 Å². The minimum atomic E-state index is -0.165. The summed E-state index contributed by atoms with van der Waals surface area (Å²) in [5.74, 6) is 0.488. The first-order valence-electron chi connectivity index (χ1n) is 10.8. The number of aromatic nitrogens is 2. The second-order valence-corrected chi connectivity index (χ2v) is 8.77. The number of rotatable bonds is 6. The first-order valence-corrected chi connectivity index (χ1v) is 11.5. The van der Waals surface area contributed by atoms with Gasteiger partial charge in [-0.25, -0.2) is 4.98 Å². The quantitative estimate of drug-likeness (QED) is 0.485. The van der Waals surface area contributed by atoms with Crippen LogP contribution < -0.4 is 0 Å². The molecule has 8 heteroatoms. The van der Waals surface area contributed by atoms with Gasteiger partial charge < -0.3 is 14.2 Å². The summed E-state index contributed by atoms with van der Waals surface area (Å²) in [6, 6.07) is 13.2. The maximum atomic E-state index is 13.1. The minimum absolute atomic E-state index is 0.0129. The number of benzene rings is 2. The maximum absolute atomic E-state index is 13.1. The van der Waals surface area contributed by atoms with Gasteiger partial charge in [0.1, 0.15) is 12.4 Å². The molecule has 0 N–H and O–H groups in total. The number of imidazole rings is 1. The Morgan fingerprint density at radius 1 is 1.12 bits per heavy atom. The Hall–Kier alpha value is -2.57. The van der Waals surface area contributed by atoms with Gasteiger partial charge in [-0.1, -0.05) is 41.4 Å². The molecule has 1 aliphatic rings. The van der Waals surface area contributed by atoms with E-state index in [0.717, 1.165) is 22.4 Å². The van der Waals surface area contributed by atoms with Gasteiger partial charge in [-0.05, 0) is 49.6 Å². The number of nitrogens with zero attached hydrogens (tertiary/aromatic N) is 3. The zero-order valence-corrected chi connectivity index (χ0v) is 19.4. The van der Waals surface area contributed by atoms with Gasteiger partial charge in [0.15, 0.2) is 0 Å². The van der Waals surface area contributed by atoms with Gasteiger partial charge in [-0.15, -0.1) is 0 Å². The summed E-state index contributed by atoms with van der Waals surface area (Å²) in [7, 11) is 0. The highest BCUT2D eigenvalue weighted by Gasteiger charge is 2.28. The van der Waals surface area contributed by atoms with Crippen molar-refractivity contribution >= 4 is 46.1 Å². The molecule has 0 saturated carbocycles. The normalized spacial score (nSPS) is 14.7. The lowest BCUT2D eigenvalue weighted by Crippen LogP contribution is -2.42. The molecule has 3 aromatic rings. The molecule has 32 heavy (non-hydrogen) atoms. The molecule has 0 unspecified atom stereocenters. The molecule has 6 nitrogen and oxygen atoms in total. The fraction of sp³-hybridized carbons (Fsp3) is 0.375. The molecule has 4 rings (SSSR count). The van der Waals surface area contributed by atoms with Gasteiger partial charge in [0.05, 0.1) is 23.6 Å². The molecule has 1 fully saturated rings. The van der Waals surface area contributed by atoms with Crippen LogP contribution in [0.5, 0.6) is 0 Å². The van der Waals surface area contributed by atoms with E-state index in [1.165, 1.54) is 0 Å². The number of hydrogen-bond donors (Lipinski definition) is 0. The van der Waals surface area contributed by atoms with Crippen LogP contribution in [0.1, 0.15) is 31.2 Å². The Labute approximate surface area is 197 Å². The average molecular weight is 474 g/mol. The smallest absolute Gasteiger partial charge is 0.309 e. The number of likely N-dealkylation sites (tertiary alicyclic amines) is 1. The molecule has 1 aliphatic heterocycles. The van der Waals surface area contributed by atoms with Crippen molar-refractivity contribution in [1.29, 1.82) is 0 Å². The van der Waals surface area contributed by atoms with Crippen LogP contribution in [0.2, 0.25) is 10.0 Å². The SMILES string of the molecule is CCOC(=O)C1CCN(C(=O)Cn2c(Cc3ccc(Cl)cc3Cl)nc3ccccc32)CC1. The predicted molar refractivity (Wildman–Crippen MR) is 125 cm³/mol. The molecule has 0 spiro atoms. The number of carbonyl (C=O) groups excluding carboxylic acids is 2. The van der Waals surface area contributed by atoms with E-state index in [9.17, 15) is 9.59 Å². The van der Waals surface area contributed by atoms with Gasteiger partial charge in [-0.3, -0.25) is 9.59 Å². The largest absolute Gasteiger partial charge is 0.466 e. The highest BCUT2D eigenvalue weighted by molar-refractivity contribution is 6.35. The summed E-state index contributed by atoms with van der Waals surface area (Å²) < 4.78 is 7.08. The van der Waals surface area contributed by atoms with Crippen LogP contribution in [0.4, 0.5) is 0 Å². The summed E-state index contributed by atoms with van der Waals surface area (Å²) in [5.41, 5.74) is 2.64. The number of piperidine rings is 1. The van der Waals surface area contributed by atoms with E-state index in [1.54, 1.807) is 19.1 Å². The lowest BCUT2D eigenvalue weighted by Gasteiger charge is -2.31. The first kappa shape index (κ1) is 22.6. The predicted octanol–water partition coefficient (Wildman–Crippen LogP) is 4.74. The molecule has 0 bridgehead atoms. The van der Waals surface area contributed by atoms with E-state index in [-0.39, 0.29) is 24.3 Å². The third-order valence-electron chi connectivity index (χ3n) is 5.86. The third-order valence-corrected chi connectivity index (χ3v) is 6.45. The van der Waals surface area contributed by atoms with Crippen molar-refractivity contribution in [2.75, 3.05) is 19.7 Å². The molecule has 0 aliphatic carbocycles. The zero-order chi connectivity index (χ0) is 22.7. The first-order chi connectivity index (χ1) is 15.5. The molecule has 1 amide bonds. The fourth-order valence-corrected chi connectivity index (χ4v) is 4.61. The third kappa shape index (κ3) is 4.92. The van der Waals surface area contributed by atoms with E-state index >= 15 is 0 Å². The van der Waals surface area contributed by atoms with Gasteiger partial charge >= 0.3 is 5.97 Å². The van der Waals surface area contributed by atoms with Gasteiger partial charge in [0, 0.05) is 29.6 Å². The van der Waals surface area contributed by atoms with Crippen LogP contribution in [0.25, 0.3) is 11.0 Å². The number of hydrogen-bond acceptors (Lipinski definition) is 4. The maximum Gasteiger partial charge on any atom is 0.309 e. The van der Waals surface area contributed by atoms with Crippen molar-refractivity contribution < 1.29 is 14.3 Å². The van der Waals surface area contributed by atoms with Crippen molar-refractivity contribution in [3.05, 3.63) is 63.9 Å². The number of halogens is 2. The Kier molecular flexibility index (Phi) is 7.01. The van der Waals surface area contributed by atoms with Crippen LogP contribution >= 0.6 is 23.2 Å².